The summed E-state index contributed by atoms with van der Waals surface area (Å²) >= 11 is 0. The third-order valence-electron chi connectivity index (χ3n) is 0.866. The topological polar surface area (TPSA) is 38.7 Å². The maximum absolute atomic E-state index is 8.30. The fraction of sp³-hybridized carbons (Fsp3) is 0.857. The zero-order chi connectivity index (χ0) is 7.82. The van der Waals surface area contributed by atoms with Gasteiger partial charge in [0, 0.05) is 0 Å². The van der Waals surface area contributed by atoms with Crippen LogP contribution >= 0.6 is 0 Å². The lowest BCUT2D eigenvalue weighted by Crippen LogP contribution is -2.11. The fourth-order valence-electron chi connectivity index (χ4n) is 0.475. The van der Waals surface area contributed by atoms with Gasteiger partial charge in [-0.25, -0.2) is 0 Å². The smallest absolute Gasteiger partial charge is 0.0704 e. The van der Waals surface area contributed by atoms with E-state index in [1.165, 1.54) is 0 Å². The van der Waals surface area contributed by atoms with Gasteiger partial charge in [0.2, 0.25) is 0 Å². The summed E-state index contributed by atoms with van der Waals surface area (Å²) in [6.45, 7) is 7.02. The van der Waals surface area contributed by atoms with Crippen molar-refractivity contribution < 1.29 is 14.6 Å². The van der Waals surface area contributed by atoms with E-state index < -0.39 is 0 Å². The maximum Gasteiger partial charge on any atom is 0.0704 e. The minimum absolute atomic E-state index is 0.0118. The molecule has 0 aromatic heterocycles. The molecule has 1 radical (unpaired) electrons. The van der Waals surface area contributed by atoms with Crippen LogP contribution < -0.4 is 0 Å². The van der Waals surface area contributed by atoms with Gasteiger partial charge in [0.05, 0.1) is 32.5 Å². The Bertz CT molecular complexity index is 63.9. The first kappa shape index (κ1) is 9.88. The highest BCUT2D eigenvalue weighted by atomic mass is 16.5. The molecule has 0 rings (SSSR count). The Balaban J connectivity index is 2.77. The summed E-state index contributed by atoms with van der Waals surface area (Å²) in [5.74, 6) is 0. The highest BCUT2D eigenvalue weighted by Gasteiger charge is 1.91. The van der Waals surface area contributed by atoms with E-state index in [4.69, 9.17) is 14.6 Å². The van der Waals surface area contributed by atoms with Gasteiger partial charge in [0.1, 0.15) is 0 Å². The van der Waals surface area contributed by atoms with Crippen molar-refractivity contribution in [3.63, 3.8) is 0 Å². The molecule has 0 spiro atoms. The van der Waals surface area contributed by atoms with Crippen molar-refractivity contribution >= 4 is 0 Å². The fourth-order valence-corrected chi connectivity index (χ4v) is 0.475. The first-order chi connectivity index (χ1) is 4.77. The van der Waals surface area contributed by atoms with Crippen molar-refractivity contribution in [3.05, 3.63) is 6.92 Å². The molecule has 0 amide bonds. The Kier molecular flexibility index (Phi) is 6.91. The molecule has 1 N–H and O–H groups in total. The van der Waals surface area contributed by atoms with Gasteiger partial charge in [-0.05, 0) is 13.8 Å². The van der Waals surface area contributed by atoms with Crippen LogP contribution in [0.5, 0.6) is 0 Å². The molecule has 0 aliphatic carbocycles. The van der Waals surface area contributed by atoms with Crippen molar-refractivity contribution in [2.24, 2.45) is 0 Å². The molecular formula is C7H15O3. The predicted octanol–water partition coefficient (Wildman–Crippen LogP) is 0.234. The van der Waals surface area contributed by atoms with Crippen LogP contribution in [0.15, 0.2) is 0 Å². The molecule has 0 aliphatic heterocycles. The number of hydrogen-bond donors (Lipinski definition) is 1. The highest BCUT2D eigenvalue weighted by molar-refractivity contribution is 4.48. The van der Waals surface area contributed by atoms with Gasteiger partial charge in [-0.15, -0.1) is 0 Å². The zero-order valence-corrected chi connectivity index (χ0v) is 6.38. The lowest BCUT2D eigenvalue weighted by molar-refractivity contribution is 0.0178. The molecule has 0 aromatic carbocycles. The second kappa shape index (κ2) is 6.99. The molecular weight excluding hydrogens is 132 g/mol. The standard InChI is InChI=1S/C7H15O3/c1-7(2)10-6-5-9-4-3-8/h7-8H,1,3-6H2,2H3. The molecule has 0 saturated carbocycles. The second-order valence-electron chi connectivity index (χ2n) is 2.02. The normalized spacial score (nSPS) is 10.8. The number of hydrogen-bond acceptors (Lipinski definition) is 3. The molecule has 1 unspecified atom stereocenters. The summed E-state index contributed by atoms with van der Waals surface area (Å²) in [7, 11) is 0. The summed E-state index contributed by atoms with van der Waals surface area (Å²) in [6, 6.07) is 0. The minimum Gasteiger partial charge on any atom is -0.394 e. The molecule has 0 aromatic rings. The van der Waals surface area contributed by atoms with E-state index in [1.54, 1.807) is 0 Å². The molecule has 3 nitrogen and oxygen atoms in total. The van der Waals surface area contributed by atoms with Gasteiger partial charge >= 0.3 is 0 Å². The van der Waals surface area contributed by atoms with E-state index in [-0.39, 0.29) is 12.7 Å². The Hall–Kier alpha value is -0.120. The minimum atomic E-state index is 0.0118. The monoisotopic (exact) mass is 147 g/mol. The van der Waals surface area contributed by atoms with Crippen LogP contribution in [0, 0.1) is 6.92 Å². The average molecular weight is 147 g/mol. The summed E-state index contributed by atoms with van der Waals surface area (Å²) < 4.78 is 10.0. The Morgan fingerprint density at radius 1 is 1.40 bits per heavy atom. The Labute approximate surface area is 62.0 Å². The van der Waals surface area contributed by atoms with Gasteiger partial charge in [-0.3, -0.25) is 0 Å². The molecule has 0 heterocycles. The lowest BCUT2D eigenvalue weighted by Gasteiger charge is -2.06. The number of ether oxygens (including phenoxy) is 2. The molecule has 10 heavy (non-hydrogen) atoms. The second-order valence-corrected chi connectivity index (χ2v) is 2.02. The van der Waals surface area contributed by atoms with E-state index in [2.05, 4.69) is 6.92 Å². The van der Waals surface area contributed by atoms with E-state index in [1.807, 2.05) is 6.92 Å². The first-order valence-corrected chi connectivity index (χ1v) is 3.40. The molecule has 0 aliphatic rings. The quantitative estimate of drug-likeness (QED) is 0.547. The van der Waals surface area contributed by atoms with Crippen molar-refractivity contribution in [1.29, 1.82) is 0 Å². The van der Waals surface area contributed by atoms with Crippen molar-refractivity contribution in [2.45, 2.75) is 13.0 Å². The van der Waals surface area contributed by atoms with Gasteiger partial charge in [-0.2, -0.15) is 0 Å². The van der Waals surface area contributed by atoms with Crippen LogP contribution in [0.3, 0.4) is 0 Å². The van der Waals surface area contributed by atoms with Crippen molar-refractivity contribution in [2.75, 3.05) is 26.4 Å². The lowest BCUT2D eigenvalue weighted by atomic mass is 10.5. The highest BCUT2D eigenvalue weighted by Crippen LogP contribution is 1.85. The molecule has 3 heteroatoms. The first-order valence-electron chi connectivity index (χ1n) is 3.40. The van der Waals surface area contributed by atoms with Gasteiger partial charge in [0.25, 0.3) is 0 Å². The van der Waals surface area contributed by atoms with E-state index in [0.717, 1.165) is 0 Å². The summed E-state index contributed by atoms with van der Waals surface area (Å²) in [5, 5.41) is 8.30. The van der Waals surface area contributed by atoms with Crippen LogP contribution in [0.4, 0.5) is 0 Å². The van der Waals surface area contributed by atoms with Gasteiger partial charge in [0.15, 0.2) is 0 Å². The van der Waals surface area contributed by atoms with Crippen molar-refractivity contribution in [1.82, 2.24) is 0 Å². The van der Waals surface area contributed by atoms with E-state index in [0.29, 0.717) is 19.8 Å². The number of aliphatic hydroxyl groups excluding tert-OH is 1. The summed E-state index contributed by atoms with van der Waals surface area (Å²) in [5.41, 5.74) is 0. The third kappa shape index (κ3) is 7.88. The predicted molar refractivity (Wildman–Crippen MR) is 38.7 cm³/mol. The molecule has 0 fully saturated rings. The third-order valence-corrected chi connectivity index (χ3v) is 0.866. The number of aliphatic hydroxyl groups is 1. The van der Waals surface area contributed by atoms with Crippen LogP contribution in [-0.4, -0.2) is 37.6 Å². The molecule has 0 saturated heterocycles. The van der Waals surface area contributed by atoms with Crippen LogP contribution in [0.2, 0.25) is 0 Å². The maximum atomic E-state index is 8.30. The zero-order valence-electron chi connectivity index (χ0n) is 6.38. The van der Waals surface area contributed by atoms with Crippen LogP contribution in [-0.2, 0) is 9.47 Å². The molecule has 61 valence electrons. The average Bonchev–Trinajstić information content (AvgIpc) is 1.87. The largest absolute Gasteiger partial charge is 0.394 e. The molecule has 0 bridgehead atoms. The summed E-state index contributed by atoms with van der Waals surface area (Å²) in [4.78, 5) is 0. The van der Waals surface area contributed by atoms with E-state index in [9.17, 15) is 0 Å². The van der Waals surface area contributed by atoms with Crippen LogP contribution in [0.25, 0.3) is 0 Å². The number of rotatable bonds is 6. The van der Waals surface area contributed by atoms with Crippen LogP contribution in [0.1, 0.15) is 6.92 Å². The molecule has 1 atom stereocenters. The van der Waals surface area contributed by atoms with Crippen molar-refractivity contribution in [3.8, 4) is 0 Å². The van der Waals surface area contributed by atoms with E-state index >= 15 is 0 Å². The van der Waals surface area contributed by atoms with Gasteiger partial charge in [-0.1, -0.05) is 0 Å². The van der Waals surface area contributed by atoms with Gasteiger partial charge < -0.3 is 14.6 Å². The Morgan fingerprint density at radius 3 is 2.60 bits per heavy atom. The summed E-state index contributed by atoms with van der Waals surface area (Å²) in [6.07, 6.45) is 0.0118. The Morgan fingerprint density at radius 2 is 2.10 bits per heavy atom. The SMILES string of the molecule is [CH2]C(C)OCCOCCO.